The van der Waals surface area contributed by atoms with Crippen molar-refractivity contribution in [1.82, 2.24) is 14.9 Å². The maximum atomic E-state index is 13.6. The number of nitrogens with one attached hydrogen (secondary N) is 1. The SMILES string of the molecule is C[C@@H]1CCCC[C@H]1NC(=O)[C@H]1c2cccn2CC(=O)N1c1ccc(Cc2ccncc2)cc1. The molecular formula is C27H30N4O2. The minimum absolute atomic E-state index is 0.0718. The maximum Gasteiger partial charge on any atom is 0.249 e. The van der Waals surface area contributed by atoms with Crippen LogP contribution in [0.25, 0.3) is 0 Å². The Labute approximate surface area is 194 Å². The molecule has 2 amide bonds. The molecule has 0 unspecified atom stereocenters. The van der Waals surface area contributed by atoms with E-state index in [0.29, 0.717) is 5.92 Å². The fourth-order valence-electron chi connectivity index (χ4n) is 5.17. The van der Waals surface area contributed by atoms with Gasteiger partial charge in [0.05, 0.1) is 5.69 Å². The van der Waals surface area contributed by atoms with Gasteiger partial charge in [-0.2, -0.15) is 0 Å². The van der Waals surface area contributed by atoms with E-state index < -0.39 is 6.04 Å². The summed E-state index contributed by atoms with van der Waals surface area (Å²) in [6, 6.07) is 15.3. The molecular weight excluding hydrogens is 412 g/mol. The highest BCUT2D eigenvalue weighted by molar-refractivity contribution is 6.02. The highest BCUT2D eigenvalue weighted by Gasteiger charge is 2.39. The molecule has 3 aromatic rings. The Morgan fingerprint density at radius 3 is 2.52 bits per heavy atom. The number of carbonyl (C=O) groups excluding carboxylic acids is 2. The minimum atomic E-state index is -0.665. The Balaban J connectivity index is 1.42. The highest BCUT2D eigenvalue weighted by atomic mass is 16.2. The topological polar surface area (TPSA) is 67.2 Å². The van der Waals surface area contributed by atoms with Gasteiger partial charge in [-0.25, -0.2) is 0 Å². The summed E-state index contributed by atoms with van der Waals surface area (Å²) >= 11 is 0. The molecule has 6 heteroatoms. The Bertz CT molecular complexity index is 1120. The van der Waals surface area contributed by atoms with Crippen molar-refractivity contribution in [2.45, 2.75) is 57.7 Å². The van der Waals surface area contributed by atoms with Gasteiger partial charge < -0.3 is 9.88 Å². The van der Waals surface area contributed by atoms with Gasteiger partial charge in [-0.05, 0) is 72.7 Å². The van der Waals surface area contributed by atoms with Crippen molar-refractivity contribution >= 4 is 17.5 Å². The van der Waals surface area contributed by atoms with Crippen LogP contribution in [0.2, 0.25) is 0 Å². The number of aromatic nitrogens is 2. The molecule has 1 fully saturated rings. The Morgan fingerprint density at radius 2 is 1.76 bits per heavy atom. The second kappa shape index (κ2) is 9.22. The summed E-state index contributed by atoms with van der Waals surface area (Å²) in [6.45, 7) is 2.45. The van der Waals surface area contributed by atoms with Crippen LogP contribution < -0.4 is 10.2 Å². The van der Waals surface area contributed by atoms with Crippen molar-refractivity contribution in [2.75, 3.05) is 4.90 Å². The van der Waals surface area contributed by atoms with E-state index in [4.69, 9.17) is 0 Å². The van der Waals surface area contributed by atoms with E-state index in [-0.39, 0.29) is 24.4 Å². The highest BCUT2D eigenvalue weighted by Crippen LogP contribution is 2.33. The van der Waals surface area contributed by atoms with Crippen molar-refractivity contribution in [3.8, 4) is 0 Å². The molecule has 1 aromatic carbocycles. The van der Waals surface area contributed by atoms with Gasteiger partial charge >= 0.3 is 0 Å². The summed E-state index contributed by atoms with van der Waals surface area (Å²) in [6.07, 6.45) is 10.7. The average Bonchev–Trinajstić information content (AvgIpc) is 3.29. The number of fused-ring (bicyclic) bond motifs is 1. The van der Waals surface area contributed by atoms with Crippen molar-refractivity contribution in [1.29, 1.82) is 0 Å². The normalized spacial score (nSPS) is 22.6. The molecule has 3 atom stereocenters. The summed E-state index contributed by atoms with van der Waals surface area (Å²) in [5, 5.41) is 3.28. The number of benzene rings is 1. The first-order valence-electron chi connectivity index (χ1n) is 11.9. The van der Waals surface area contributed by atoms with Crippen LogP contribution in [0.3, 0.4) is 0 Å². The number of hydrogen-bond donors (Lipinski definition) is 1. The molecule has 3 heterocycles. The fraction of sp³-hybridized carbons (Fsp3) is 0.370. The molecule has 170 valence electrons. The lowest BCUT2D eigenvalue weighted by Crippen LogP contribution is -2.52. The van der Waals surface area contributed by atoms with Crippen molar-refractivity contribution in [3.63, 3.8) is 0 Å². The lowest BCUT2D eigenvalue weighted by atomic mass is 9.85. The zero-order chi connectivity index (χ0) is 22.8. The van der Waals surface area contributed by atoms with Gasteiger partial charge in [0, 0.05) is 30.3 Å². The molecule has 5 rings (SSSR count). The van der Waals surface area contributed by atoms with Gasteiger partial charge in [-0.1, -0.05) is 31.9 Å². The van der Waals surface area contributed by atoms with Gasteiger partial charge in [-0.3, -0.25) is 19.5 Å². The molecule has 1 aliphatic heterocycles. The lowest BCUT2D eigenvalue weighted by Gasteiger charge is -2.38. The van der Waals surface area contributed by atoms with E-state index in [9.17, 15) is 9.59 Å². The molecule has 2 aromatic heterocycles. The van der Waals surface area contributed by atoms with Gasteiger partial charge in [0.25, 0.3) is 0 Å². The number of nitrogens with zero attached hydrogens (tertiary/aromatic N) is 3. The van der Waals surface area contributed by atoms with Gasteiger partial charge in [0.2, 0.25) is 11.8 Å². The second-order valence-electron chi connectivity index (χ2n) is 9.30. The number of carbonyl (C=O) groups is 2. The predicted octanol–water partition coefficient (Wildman–Crippen LogP) is 4.26. The lowest BCUT2D eigenvalue weighted by molar-refractivity contribution is -0.129. The summed E-state index contributed by atoms with van der Waals surface area (Å²) in [7, 11) is 0. The number of rotatable bonds is 5. The zero-order valence-corrected chi connectivity index (χ0v) is 19.0. The standard InChI is InChI=1S/C27H30N4O2/c1-19-5-2-3-6-23(19)29-27(33)26-24-7-4-16-30(24)18-25(32)31(26)22-10-8-20(9-11-22)17-21-12-14-28-15-13-21/h4,7-16,19,23,26H,2-3,5-6,17-18H2,1H3,(H,29,33)/t19-,23-,26-/m1/s1. The zero-order valence-electron chi connectivity index (χ0n) is 19.0. The molecule has 1 aliphatic carbocycles. The number of pyridine rings is 1. The maximum absolute atomic E-state index is 13.6. The third-order valence-electron chi connectivity index (χ3n) is 7.04. The second-order valence-corrected chi connectivity index (χ2v) is 9.30. The third kappa shape index (κ3) is 4.42. The molecule has 1 saturated carbocycles. The van der Waals surface area contributed by atoms with E-state index in [0.717, 1.165) is 42.6 Å². The Morgan fingerprint density at radius 1 is 1.03 bits per heavy atom. The van der Waals surface area contributed by atoms with Crippen molar-refractivity contribution in [3.05, 3.63) is 83.9 Å². The first-order valence-corrected chi connectivity index (χ1v) is 11.9. The van der Waals surface area contributed by atoms with E-state index in [1.807, 2.05) is 59.3 Å². The minimum Gasteiger partial charge on any atom is -0.351 e. The fourth-order valence-corrected chi connectivity index (χ4v) is 5.17. The molecule has 0 bridgehead atoms. The summed E-state index contributed by atoms with van der Waals surface area (Å²) in [5.74, 6) is 0.287. The summed E-state index contributed by atoms with van der Waals surface area (Å²) in [5.41, 5.74) is 3.94. The van der Waals surface area contributed by atoms with E-state index in [1.54, 1.807) is 17.3 Å². The van der Waals surface area contributed by atoms with Crippen LogP contribution in [-0.4, -0.2) is 27.4 Å². The molecule has 6 nitrogen and oxygen atoms in total. The van der Waals surface area contributed by atoms with Crippen molar-refractivity contribution < 1.29 is 9.59 Å². The first kappa shape index (κ1) is 21.4. The smallest absolute Gasteiger partial charge is 0.249 e. The van der Waals surface area contributed by atoms with Crippen LogP contribution >= 0.6 is 0 Å². The number of amides is 2. The number of hydrogen-bond acceptors (Lipinski definition) is 3. The Hall–Kier alpha value is -3.41. The van der Waals surface area contributed by atoms with Crippen LogP contribution in [0.15, 0.2) is 67.1 Å². The monoisotopic (exact) mass is 442 g/mol. The first-order chi connectivity index (χ1) is 16.1. The van der Waals surface area contributed by atoms with Gasteiger partial charge in [0.1, 0.15) is 6.54 Å². The summed E-state index contributed by atoms with van der Waals surface area (Å²) < 4.78 is 1.89. The number of anilines is 1. The van der Waals surface area contributed by atoms with E-state index in [2.05, 4.69) is 17.2 Å². The molecule has 0 radical (unpaired) electrons. The average molecular weight is 443 g/mol. The van der Waals surface area contributed by atoms with Gasteiger partial charge in [-0.15, -0.1) is 0 Å². The summed E-state index contributed by atoms with van der Waals surface area (Å²) in [4.78, 5) is 32.6. The van der Waals surface area contributed by atoms with E-state index in [1.165, 1.54) is 12.0 Å². The predicted molar refractivity (Wildman–Crippen MR) is 128 cm³/mol. The largest absolute Gasteiger partial charge is 0.351 e. The Kier molecular flexibility index (Phi) is 5.99. The van der Waals surface area contributed by atoms with E-state index >= 15 is 0 Å². The third-order valence-corrected chi connectivity index (χ3v) is 7.04. The van der Waals surface area contributed by atoms with Crippen molar-refractivity contribution in [2.24, 2.45) is 5.92 Å². The molecule has 0 spiro atoms. The van der Waals surface area contributed by atoms with Gasteiger partial charge in [0.15, 0.2) is 6.04 Å². The molecule has 0 saturated heterocycles. The molecule has 1 N–H and O–H groups in total. The van der Waals surface area contributed by atoms with Crippen LogP contribution in [0.4, 0.5) is 5.69 Å². The molecule has 33 heavy (non-hydrogen) atoms. The quantitative estimate of drug-likeness (QED) is 0.642. The van der Waals surface area contributed by atoms with Crippen LogP contribution in [0.5, 0.6) is 0 Å². The molecule has 2 aliphatic rings. The van der Waals surface area contributed by atoms with Crippen LogP contribution in [0, 0.1) is 5.92 Å². The van der Waals surface area contributed by atoms with Crippen LogP contribution in [-0.2, 0) is 22.6 Å². The van der Waals surface area contributed by atoms with Crippen LogP contribution in [0.1, 0.15) is 55.5 Å².